The first-order valence-corrected chi connectivity index (χ1v) is 8.56. The van der Waals surface area contributed by atoms with Gasteiger partial charge in [-0.3, -0.25) is 0 Å². The second-order valence-corrected chi connectivity index (χ2v) is 7.18. The zero-order valence-corrected chi connectivity index (χ0v) is 12.9. The molecule has 118 valence electrons. The smallest absolute Gasteiger partial charge is 0.219 e. The van der Waals surface area contributed by atoms with Crippen molar-refractivity contribution in [3.8, 4) is 0 Å². The van der Waals surface area contributed by atoms with Crippen LogP contribution in [-0.4, -0.2) is 58.2 Å². The van der Waals surface area contributed by atoms with E-state index < -0.39 is 21.4 Å². The molecule has 1 heterocycles. The lowest BCUT2D eigenvalue weighted by molar-refractivity contribution is 0.127. The summed E-state index contributed by atoms with van der Waals surface area (Å²) in [5.41, 5.74) is 1.10. The van der Waals surface area contributed by atoms with E-state index >= 15 is 0 Å². The maximum absolute atomic E-state index is 12.0. The van der Waals surface area contributed by atoms with Gasteiger partial charge < -0.3 is 14.7 Å². The van der Waals surface area contributed by atoms with Gasteiger partial charge in [0.1, 0.15) is 5.25 Å². The summed E-state index contributed by atoms with van der Waals surface area (Å²) < 4.78 is 31.5. The third-order valence-corrected chi connectivity index (χ3v) is 5.42. The van der Waals surface area contributed by atoms with Crippen LogP contribution >= 0.6 is 0 Å². The van der Waals surface area contributed by atoms with E-state index in [-0.39, 0.29) is 13.2 Å². The number of sulfonamides is 1. The number of aliphatic hydroxyl groups is 1. The van der Waals surface area contributed by atoms with Gasteiger partial charge in [0.05, 0.1) is 19.3 Å². The van der Waals surface area contributed by atoms with Gasteiger partial charge in [0, 0.05) is 25.8 Å². The Balaban J connectivity index is 1.74. The monoisotopic (exact) mass is 314 g/mol. The highest BCUT2D eigenvalue weighted by Gasteiger charge is 2.37. The fourth-order valence-corrected chi connectivity index (χ4v) is 3.68. The molecule has 0 bridgehead atoms. The Hall–Kier alpha value is -1.15. The van der Waals surface area contributed by atoms with E-state index in [0.717, 1.165) is 12.2 Å². The standard InChI is InChI=1S/C14H22N2O4S/c1-16(12-6-3-2-4-7-12)9-5-8-15-21(18,19)14-11-20-10-13(14)17/h2-4,6-7,13-15,17H,5,8-11H2,1H3. The van der Waals surface area contributed by atoms with Crippen molar-refractivity contribution < 1.29 is 18.3 Å². The molecular formula is C14H22N2O4S. The SMILES string of the molecule is CN(CCCNS(=O)(=O)C1COCC1O)c1ccccc1. The third kappa shape index (κ3) is 4.41. The number of aliphatic hydroxyl groups excluding tert-OH is 1. The van der Waals surface area contributed by atoms with Crippen molar-refractivity contribution in [3.05, 3.63) is 30.3 Å². The van der Waals surface area contributed by atoms with Crippen molar-refractivity contribution in [2.45, 2.75) is 17.8 Å². The molecule has 2 N–H and O–H groups in total. The van der Waals surface area contributed by atoms with Crippen molar-refractivity contribution in [1.82, 2.24) is 4.72 Å². The molecule has 0 aliphatic carbocycles. The number of hydrogen-bond acceptors (Lipinski definition) is 5. The lowest BCUT2D eigenvalue weighted by atomic mass is 10.3. The molecule has 1 aliphatic heterocycles. The lowest BCUT2D eigenvalue weighted by Gasteiger charge is -2.20. The van der Waals surface area contributed by atoms with Gasteiger partial charge in [0.2, 0.25) is 10.0 Å². The van der Waals surface area contributed by atoms with E-state index in [0.29, 0.717) is 13.0 Å². The Morgan fingerprint density at radius 2 is 2.05 bits per heavy atom. The molecule has 1 aromatic rings. The van der Waals surface area contributed by atoms with Gasteiger partial charge in [-0.05, 0) is 18.6 Å². The predicted molar refractivity (Wildman–Crippen MR) is 81.9 cm³/mol. The van der Waals surface area contributed by atoms with Crippen LogP contribution in [0, 0.1) is 0 Å². The van der Waals surface area contributed by atoms with Crippen LogP contribution in [0.4, 0.5) is 5.69 Å². The summed E-state index contributed by atoms with van der Waals surface area (Å²) in [5.74, 6) is 0. The summed E-state index contributed by atoms with van der Waals surface area (Å²) >= 11 is 0. The Morgan fingerprint density at radius 1 is 1.33 bits per heavy atom. The van der Waals surface area contributed by atoms with Crippen LogP contribution in [0.25, 0.3) is 0 Å². The fraction of sp³-hybridized carbons (Fsp3) is 0.571. The number of nitrogens with zero attached hydrogens (tertiary/aromatic N) is 1. The fourth-order valence-electron chi connectivity index (χ4n) is 2.27. The summed E-state index contributed by atoms with van der Waals surface area (Å²) in [6, 6.07) is 9.92. The number of rotatable bonds is 7. The van der Waals surface area contributed by atoms with Crippen molar-refractivity contribution >= 4 is 15.7 Å². The van der Waals surface area contributed by atoms with Gasteiger partial charge in [-0.1, -0.05) is 18.2 Å². The van der Waals surface area contributed by atoms with Gasteiger partial charge >= 0.3 is 0 Å². The Morgan fingerprint density at radius 3 is 2.67 bits per heavy atom. The highest BCUT2D eigenvalue weighted by atomic mass is 32.2. The highest BCUT2D eigenvalue weighted by molar-refractivity contribution is 7.90. The number of ether oxygens (including phenoxy) is 1. The quantitative estimate of drug-likeness (QED) is 0.703. The maximum atomic E-state index is 12.0. The lowest BCUT2D eigenvalue weighted by Crippen LogP contribution is -2.41. The average Bonchev–Trinajstić information content (AvgIpc) is 2.91. The summed E-state index contributed by atoms with van der Waals surface area (Å²) in [5, 5.41) is 8.71. The number of nitrogens with one attached hydrogen (secondary N) is 1. The minimum Gasteiger partial charge on any atom is -0.389 e. The molecule has 0 aromatic heterocycles. The van der Waals surface area contributed by atoms with Crippen molar-refractivity contribution in [2.24, 2.45) is 0 Å². The Kier molecular flexibility index (Phi) is 5.58. The van der Waals surface area contributed by atoms with Crippen molar-refractivity contribution in [3.63, 3.8) is 0 Å². The summed E-state index contributed by atoms with van der Waals surface area (Å²) in [7, 11) is -1.54. The highest BCUT2D eigenvalue weighted by Crippen LogP contribution is 2.14. The first-order chi connectivity index (χ1) is 10.0. The van der Waals surface area contributed by atoms with Gasteiger partial charge in [-0.15, -0.1) is 0 Å². The maximum Gasteiger partial charge on any atom is 0.219 e. The first-order valence-electron chi connectivity index (χ1n) is 7.01. The Bertz CT molecular complexity index is 535. The Labute approximate surface area is 125 Å². The number of benzene rings is 1. The summed E-state index contributed by atoms with van der Waals surface area (Å²) in [6.45, 7) is 1.24. The van der Waals surface area contributed by atoms with Gasteiger partial charge in [0.15, 0.2) is 0 Å². The number of para-hydroxylation sites is 1. The van der Waals surface area contributed by atoms with E-state index in [2.05, 4.69) is 9.62 Å². The molecule has 1 aliphatic rings. The van der Waals surface area contributed by atoms with E-state index in [4.69, 9.17) is 4.74 Å². The molecular weight excluding hydrogens is 292 g/mol. The second kappa shape index (κ2) is 7.22. The zero-order valence-electron chi connectivity index (χ0n) is 12.1. The largest absolute Gasteiger partial charge is 0.389 e. The van der Waals surface area contributed by atoms with Crippen LogP contribution in [-0.2, 0) is 14.8 Å². The second-order valence-electron chi connectivity index (χ2n) is 5.19. The van der Waals surface area contributed by atoms with E-state index in [9.17, 15) is 13.5 Å². The molecule has 0 spiro atoms. The van der Waals surface area contributed by atoms with Crippen LogP contribution < -0.4 is 9.62 Å². The molecule has 1 aromatic carbocycles. The number of hydrogen-bond donors (Lipinski definition) is 2. The average molecular weight is 314 g/mol. The van der Waals surface area contributed by atoms with E-state index in [1.165, 1.54) is 0 Å². The topological polar surface area (TPSA) is 78.9 Å². The van der Waals surface area contributed by atoms with Crippen molar-refractivity contribution in [2.75, 3.05) is 38.3 Å². The normalized spacial score (nSPS) is 22.4. The molecule has 0 saturated carbocycles. The molecule has 6 nitrogen and oxygen atoms in total. The third-order valence-electron chi connectivity index (χ3n) is 3.57. The van der Waals surface area contributed by atoms with E-state index in [1.807, 2.05) is 37.4 Å². The van der Waals surface area contributed by atoms with Crippen LogP contribution in [0.2, 0.25) is 0 Å². The molecule has 1 fully saturated rings. The van der Waals surface area contributed by atoms with Crippen LogP contribution in [0.15, 0.2) is 30.3 Å². The van der Waals surface area contributed by atoms with Crippen molar-refractivity contribution in [1.29, 1.82) is 0 Å². The van der Waals surface area contributed by atoms with E-state index in [1.54, 1.807) is 0 Å². The zero-order chi connectivity index (χ0) is 15.3. The van der Waals surface area contributed by atoms with Gasteiger partial charge in [0.25, 0.3) is 0 Å². The molecule has 0 radical (unpaired) electrons. The first kappa shape index (κ1) is 16.2. The predicted octanol–water partition coefficient (Wildman–Crippen LogP) is 0.192. The molecule has 0 amide bonds. The molecule has 2 rings (SSSR count). The molecule has 7 heteroatoms. The number of anilines is 1. The molecule has 21 heavy (non-hydrogen) atoms. The van der Waals surface area contributed by atoms with Crippen LogP contribution in [0.1, 0.15) is 6.42 Å². The molecule has 2 unspecified atom stereocenters. The summed E-state index contributed by atoms with van der Waals surface area (Å²) in [4.78, 5) is 2.07. The van der Waals surface area contributed by atoms with Gasteiger partial charge in [-0.2, -0.15) is 0 Å². The van der Waals surface area contributed by atoms with Crippen LogP contribution in [0.3, 0.4) is 0 Å². The minimum absolute atomic E-state index is 0.0560. The minimum atomic E-state index is -3.52. The van der Waals surface area contributed by atoms with Crippen LogP contribution in [0.5, 0.6) is 0 Å². The molecule has 2 atom stereocenters. The summed E-state index contributed by atoms with van der Waals surface area (Å²) in [6.07, 6.45) is -0.247. The van der Waals surface area contributed by atoms with Gasteiger partial charge in [-0.25, -0.2) is 13.1 Å². The molecule has 1 saturated heterocycles.